The highest BCUT2D eigenvalue weighted by Gasteiger charge is 2.34. The van der Waals surface area contributed by atoms with Crippen LogP contribution in [-0.2, 0) is 16.2 Å². The molecule has 12 heteroatoms. The average Bonchev–Trinajstić information content (AvgIpc) is 3.15. The second-order valence-electron chi connectivity index (χ2n) is 5.73. The molecule has 0 radical (unpaired) electrons. The first-order valence-corrected chi connectivity index (χ1v) is 9.95. The summed E-state index contributed by atoms with van der Waals surface area (Å²) in [5.41, 5.74) is -1.51. The standard InChI is InChI=1S/C17H10Cl2F3N3O3S/c18-9-1-3-11(16(26)15-7-23-8-24-15)14(5-9)25-29(27,28)10-2-4-13(19)12(6-10)17(20,21)22/h1-8,25H,(H,23,24). The predicted molar refractivity (Wildman–Crippen MR) is 101 cm³/mol. The molecule has 6 nitrogen and oxygen atoms in total. The fourth-order valence-corrected chi connectivity index (χ4v) is 3.91. The molecule has 0 unspecified atom stereocenters. The third-order valence-corrected chi connectivity index (χ3v) is 5.69. The van der Waals surface area contributed by atoms with Crippen LogP contribution in [0.2, 0.25) is 10.0 Å². The maximum atomic E-state index is 13.1. The normalized spacial score (nSPS) is 12.0. The molecule has 0 aliphatic carbocycles. The lowest BCUT2D eigenvalue weighted by Crippen LogP contribution is -2.17. The Bertz CT molecular complexity index is 1180. The number of carbonyl (C=O) groups excluding carboxylic acids is 1. The van der Waals surface area contributed by atoms with Crippen LogP contribution in [0.4, 0.5) is 18.9 Å². The van der Waals surface area contributed by atoms with Crippen molar-refractivity contribution >= 4 is 44.7 Å². The Labute approximate surface area is 172 Å². The quantitative estimate of drug-likeness (QED) is 0.533. The number of hydrogen-bond donors (Lipinski definition) is 2. The highest BCUT2D eigenvalue weighted by Crippen LogP contribution is 2.36. The molecule has 0 atom stereocenters. The summed E-state index contributed by atoms with van der Waals surface area (Å²) < 4.78 is 66.6. The van der Waals surface area contributed by atoms with E-state index in [2.05, 4.69) is 14.7 Å². The summed E-state index contributed by atoms with van der Waals surface area (Å²) in [6, 6.07) is 5.97. The second kappa shape index (κ2) is 7.69. The van der Waals surface area contributed by atoms with Gasteiger partial charge in [-0.3, -0.25) is 9.52 Å². The van der Waals surface area contributed by atoms with Crippen LogP contribution >= 0.6 is 23.2 Å². The first-order valence-electron chi connectivity index (χ1n) is 7.71. The zero-order valence-corrected chi connectivity index (χ0v) is 16.4. The summed E-state index contributed by atoms with van der Waals surface area (Å²) in [5, 5.41) is -0.537. The molecule has 1 heterocycles. The van der Waals surface area contributed by atoms with E-state index in [1.54, 1.807) is 0 Å². The van der Waals surface area contributed by atoms with Gasteiger partial charge in [-0.05, 0) is 36.4 Å². The average molecular weight is 464 g/mol. The van der Waals surface area contributed by atoms with Crippen molar-refractivity contribution in [1.82, 2.24) is 9.97 Å². The SMILES string of the molecule is O=C(c1cnc[nH]1)c1ccc(Cl)cc1NS(=O)(=O)c1ccc(Cl)c(C(F)(F)F)c1. The van der Waals surface area contributed by atoms with E-state index in [1.165, 1.54) is 30.7 Å². The number of alkyl halides is 3. The van der Waals surface area contributed by atoms with Gasteiger partial charge in [-0.2, -0.15) is 13.2 Å². The van der Waals surface area contributed by atoms with Gasteiger partial charge >= 0.3 is 6.18 Å². The van der Waals surface area contributed by atoms with Crippen LogP contribution < -0.4 is 4.72 Å². The molecule has 2 N–H and O–H groups in total. The van der Waals surface area contributed by atoms with Crippen LogP contribution in [0.3, 0.4) is 0 Å². The third-order valence-electron chi connectivity index (χ3n) is 3.77. The molecule has 3 rings (SSSR count). The van der Waals surface area contributed by atoms with Crippen LogP contribution in [0.1, 0.15) is 21.6 Å². The van der Waals surface area contributed by atoms with E-state index in [9.17, 15) is 26.4 Å². The lowest BCUT2D eigenvalue weighted by molar-refractivity contribution is -0.137. The third kappa shape index (κ3) is 4.55. The summed E-state index contributed by atoms with van der Waals surface area (Å²) in [4.78, 5) is 18.2. The highest BCUT2D eigenvalue weighted by molar-refractivity contribution is 7.92. The molecule has 0 aliphatic heterocycles. The molecular formula is C17H10Cl2F3N3O3S. The van der Waals surface area contributed by atoms with Crippen molar-refractivity contribution in [1.29, 1.82) is 0 Å². The zero-order valence-electron chi connectivity index (χ0n) is 14.1. The van der Waals surface area contributed by atoms with Gasteiger partial charge in [0.25, 0.3) is 10.0 Å². The fourth-order valence-electron chi connectivity index (χ4n) is 2.42. The van der Waals surface area contributed by atoms with Crippen molar-refractivity contribution < 1.29 is 26.4 Å². The Morgan fingerprint density at radius 3 is 2.45 bits per heavy atom. The number of anilines is 1. The smallest absolute Gasteiger partial charge is 0.342 e. The minimum Gasteiger partial charge on any atom is -0.342 e. The van der Waals surface area contributed by atoms with Gasteiger partial charge in [0.1, 0.15) is 5.69 Å². The number of imidazole rings is 1. The molecular weight excluding hydrogens is 454 g/mol. The van der Waals surface area contributed by atoms with Gasteiger partial charge in [0.2, 0.25) is 5.78 Å². The van der Waals surface area contributed by atoms with Gasteiger partial charge < -0.3 is 4.98 Å². The van der Waals surface area contributed by atoms with Crippen molar-refractivity contribution in [2.75, 3.05) is 4.72 Å². The Kier molecular flexibility index (Phi) is 5.61. The monoisotopic (exact) mass is 463 g/mol. The van der Waals surface area contributed by atoms with Gasteiger partial charge in [0.05, 0.1) is 33.7 Å². The van der Waals surface area contributed by atoms with E-state index in [0.29, 0.717) is 6.07 Å². The summed E-state index contributed by atoms with van der Waals surface area (Å²) in [5.74, 6) is -0.594. The molecule has 29 heavy (non-hydrogen) atoms. The fraction of sp³-hybridized carbons (Fsp3) is 0.0588. The molecule has 0 spiro atoms. The van der Waals surface area contributed by atoms with Crippen molar-refractivity contribution in [2.45, 2.75) is 11.1 Å². The first-order chi connectivity index (χ1) is 13.5. The van der Waals surface area contributed by atoms with Gasteiger partial charge in [-0.25, -0.2) is 13.4 Å². The number of ketones is 1. The molecule has 2 aromatic carbocycles. The molecule has 0 fully saturated rings. The summed E-state index contributed by atoms with van der Waals surface area (Å²) >= 11 is 11.4. The number of benzene rings is 2. The Morgan fingerprint density at radius 2 is 1.83 bits per heavy atom. The number of hydrogen-bond acceptors (Lipinski definition) is 4. The van der Waals surface area contributed by atoms with E-state index >= 15 is 0 Å². The minimum absolute atomic E-state index is 0.0766. The molecule has 0 saturated heterocycles. The highest BCUT2D eigenvalue weighted by atomic mass is 35.5. The van der Waals surface area contributed by atoms with E-state index < -0.39 is 37.5 Å². The summed E-state index contributed by atoms with van der Waals surface area (Å²) in [7, 11) is -4.50. The van der Waals surface area contributed by atoms with Crippen LogP contribution in [0.15, 0.2) is 53.8 Å². The molecule has 0 aliphatic rings. The lowest BCUT2D eigenvalue weighted by atomic mass is 10.1. The Hall–Kier alpha value is -2.56. The number of aromatic nitrogens is 2. The van der Waals surface area contributed by atoms with Gasteiger partial charge in [-0.1, -0.05) is 23.2 Å². The van der Waals surface area contributed by atoms with Crippen molar-refractivity contribution in [3.05, 3.63) is 75.8 Å². The number of aromatic amines is 1. The number of carbonyl (C=O) groups is 1. The number of nitrogens with zero attached hydrogens (tertiary/aromatic N) is 1. The van der Waals surface area contributed by atoms with E-state index in [0.717, 1.165) is 12.1 Å². The number of rotatable bonds is 5. The minimum atomic E-state index is -4.85. The van der Waals surface area contributed by atoms with Crippen LogP contribution in [0.5, 0.6) is 0 Å². The van der Waals surface area contributed by atoms with Crippen LogP contribution in [0, 0.1) is 0 Å². The number of nitrogens with one attached hydrogen (secondary N) is 2. The Morgan fingerprint density at radius 1 is 1.10 bits per heavy atom. The molecule has 0 amide bonds. The topological polar surface area (TPSA) is 91.9 Å². The number of H-pyrrole nitrogens is 1. The van der Waals surface area contributed by atoms with E-state index in [-0.39, 0.29) is 22.0 Å². The number of halogens is 5. The van der Waals surface area contributed by atoms with Crippen molar-refractivity contribution in [2.24, 2.45) is 0 Å². The maximum Gasteiger partial charge on any atom is 0.417 e. The van der Waals surface area contributed by atoms with Crippen molar-refractivity contribution in [3.8, 4) is 0 Å². The summed E-state index contributed by atoms with van der Waals surface area (Å²) in [6.45, 7) is 0. The van der Waals surface area contributed by atoms with Gasteiger partial charge in [-0.15, -0.1) is 0 Å². The second-order valence-corrected chi connectivity index (χ2v) is 8.26. The van der Waals surface area contributed by atoms with Crippen molar-refractivity contribution in [3.63, 3.8) is 0 Å². The molecule has 0 bridgehead atoms. The lowest BCUT2D eigenvalue weighted by Gasteiger charge is -2.14. The molecule has 3 aromatic rings. The first kappa shape index (κ1) is 21.2. The molecule has 1 aromatic heterocycles. The molecule has 0 saturated carbocycles. The van der Waals surface area contributed by atoms with Gasteiger partial charge in [0.15, 0.2) is 0 Å². The van der Waals surface area contributed by atoms with Crippen LogP contribution in [-0.4, -0.2) is 24.2 Å². The largest absolute Gasteiger partial charge is 0.417 e. The molecule has 152 valence electrons. The zero-order chi connectivity index (χ0) is 21.4. The van der Waals surface area contributed by atoms with Crippen LogP contribution in [0.25, 0.3) is 0 Å². The Balaban J connectivity index is 2.04. The number of sulfonamides is 1. The summed E-state index contributed by atoms with van der Waals surface area (Å²) in [6.07, 6.45) is -2.34. The predicted octanol–water partition coefficient (Wildman–Crippen LogP) is 4.77. The maximum absolute atomic E-state index is 13.1. The van der Waals surface area contributed by atoms with E-state index in [4.69, 9.17) is 23.2 Å². The van der Waals surface area contributed by atoms with E-state index in [1.807, 2.05) is 0 Å². The van der Waals surface area contributed by atoms with Gasteiger partial charge in [0, 0.05) is 10.6 Å².